The van der Waals surface area contributed by atoms with Gasteiger partial charge in [-0.15, -0.1) is 0 Å². The van der Waals surface area contributed by atoms with Gasteiger partial charge in [-0.05, 0) is 5.41 Å². The van der Waals surface area contributed by atoms with Crippen LogP contribution in [0.3, 0.4) is 0 Å². The van der Waals surface area contributed by atoms with Gasteiger partial charge in [-0.3, -0.25) is 4.79 Å². The van der Waals surface area contributed by atoms with Gasteiger partial charge in [0.1, 0.15) is 6.61 Å². The summed E-state index contributed by atoms with van der Waals surface area (Å²) in [5.74, 6) is 0.193. The molecule has 0 saturated heterocycles. The summed E-state index contributed by atoms with van der Waals surface area (Å²) in [5.41, 5.74) is 0.0156. The lowest BCUT2D eigenvalue weighted by molar-refractivity contribution is -0.130. The first kappa shape index (κ1) is 13.6. The molecule has 0 aliphatic carbocycles. The van der Waals surface area contributed by atoms with Gasteiger partial charge >= 0.3 is 0 Å². The SMILES string of the molecule is COCCOCC(=O)C(C)C(C)(C)C. The zero-order valence-electron chi connectivity index (χ0n) is 9.92. The quantitative estimate of drug-likeness (QED) is 0.617. The first-order valence-electron chi connectivity index (χ1n) is 4.99. The molecule has 0 amide bonds. The van der Waals surface area contributed by atoms with Crippen LogP contribution in [0.15, 0.2) is 0 Å². The molecular weight excluding hydrogens is 180 g/mol. The summed E-state index contributed by atoms with van der Waals surface area (Å²) >= 11 is 0. The molecule has 0 aromatic rings. The molecule has 0 aromatic carbocycles. The van der Waals surface area contributed by atoms with Gasteiger partial charge in [0.05, 0.1) is 13.2 Å². The Kier molecular flexibility index (Phi) is 5.96. The Hall–Kier alpha value is -0.410. The Morgan fingerprint density at radius 1 is 1.29 bits per heavy atom. The van der Waals surface area contributed by atoms with E-state index in [0.29, 0.717) is 13.2 Å². The highest BCUT2D eigenvalue weighted by Gasteiger charge is 2.26. The van der Waals surface area contributed by atoms with Gasteiger partial charge in [-0.25, -0.2) is 0 Å². The number of ketones is 1. The van der Waals surface area contributed by atoms with Gasteiger partial charge in [0.25, 0.3) is 0 Å². The fourth-order valence-electron chi connectivity index (χ4n) is 0.923. The van der Waals surface area contributed by atoms with Crippen LogP contribution in [0.5, 0.6) is 0 Å². The molecule has 3 nitrogen and oxygen atoms in total. The van der Waals surface area contributed by atoms with Crippen LogP contribution in [0.2, 0.25) is 0 Å². The fraction of sp³-hybridized carbons (Fsp3) is 0.909. The van der Waals surface area contributed by atoms with Crippen molar-refractivity contribution < 1.29 is 14.3 Å². The first-order chi connectivity index (χ1) is 6.39. The van der Waals surface area contributed by atoms with Crippen molar-refractivity contribution in [2.75, 3.05) is 26.9 Å². The number of hydrogen-bond donors (Lipinski definition) is 0. The summed E-state index contributed by atoms with van der Waals surface area (Å²) in [6.07, 6.45) is 0. The van der Waals surface area contributed by atoms with Gasteiger partial charge in [0.2, 0.25) is 0 Å². The lowest BCUT2D eigenvalue weighted by Crippen LogP contribution is -2.29. The van der Waals surface area contributed by atoms with Crippen LogP contribution < -0.4 is 0 Å². The third-order valence-electron chi connectivity index (χ3n) is 2.46. The lowest BCUT2D eigenvalue weighted by atomic mass is 9.80. The monoisotopic (exact) mass is 202 g/mol. The third kappa shape index (κ3) is 5.35. The van der Waals surface area contributed by atoms with Crippen molar-refractivity contribution in [3.8, 4) is 0 Å². The summed E-state index contributed by atoms with van der Waals surface area (Å²) in [6.45, 7) is 9.35. The second kappa shape index (κ2) is 6.14. The molecule has 3 heteroatoms. The normalized spacial score (nSPS) is 14.1. The number of ether oxygens (including phenoxy) is 2. The van der Waals surface area contributed by atoms with Gasteiger partial charge in [0.15, 0.2) is 5.78 Å². The van der Waals surface area contributed by atoms with E-state index in [2.05, 4.69) is 20.8 Å². The van der Waals surface area contributed by atoms with E-state index in [1.807, 2.05) is 6.92 Å². The van der Waals surface area contributed by atoms with Crippen molar-refractivity contribution in [2.45, 2.75) is 27.7 Å². The van der Waals surface area contributed by atoms with Gasteiger partial charge < -0.3 is 9.47 Å². The maximum Gasteiger partial charge on any atom is 0.161 e. The summed E-state index contributed by atoms with van der Waals surface area (Å²) in [5, 5.41) is 0. The minimum absolute atomic E-state index is 0.0156. The van der Waals surface area contributed by atoms with Gasteiger partial charge in [0, 0.05) is 13.0 Å². The number of methoxy groups -OCH3 is 1. The smallest absolute Gasteiger partial charge is 0.161 e. The molecule has 0 aliphatic rings. The molecule has 14 heavy (non-hydrogen) atoms. The molecule has 0 heterocycles. The van der Waals surface area contributed by atoms with E-state index in [0.717, 1.165) is 0 Å². The van der Waals surface area contributed by atoms with E-state index >= 15 is 0 Å². The summed E-state index contributed by atoms with van der Waals surface area (Å²) < 4.78 is 9.99. The molecule has 0 radical (unpaired) electrons. The Morgan fingerprint density at radius 3 is 2.29 bits per heavy atom. The molecular formula is C11H22O3. The highest BCUT2D eigenvalue weighted by atomic mass is 16.5. The molecule has 0 aliphatic heterocycles. The van der Waals surface area contributed by atoms with Gasteiger partial charge in [-0.1, -0.05) is 27.7 Å². The van der Waals surface area contributed by atoms with Crippen LogP contribution in [0.4, 0.5) is 0 Å². The summed E-state index contributed by atoms with van der Waals surface area (Å²) in [4.78, 5) is 11.6. The summed E-state index contributed by atoms with van der Waals surface area (Å²) in [6, 6.07) is 0. The number of carbonyl (C=O) groups is 1. The van der Waals surface area contributed by atoms with Crippen molar-refractivity contribution >= 4 is 5.78 Å². The number of rotatable bonds is 6. The number of hydrogen-bond acceptors (Lipinski definition) is 3. The van der Waals surface area contributed by atoms with Crippen LogP contribution in [0.1, 0.15) is 27.7 Å². The van der Waals surface area contributed by atoms with Gasteiger partial charge in [-0.2, -0.15) is 0 Å². The van der Waals surface area contributed by atoms with E-state index in [1.54, 1.807) is 7.11 Å². The van der Waals surface area contributed by atoms with Crippen LogP contribution in [-0.2, 0) is 14.3 Å². The van der Waals surface area contributed by atoms with Crippen molar-refractivity contribution in [1.82, 2.24) is 0 Å². The van der Waals surface area contributed by atoms with Crippen molar-refractivity contribution in [3.63, 3.8) is 0 Å². The standard InChI is InChI=1S/C11H22O3/c1-9(11(2,3)4)10(12)8-14-7-6-13-5/h9H,6-8H2,1-5H3. The second-order valence-electron chi connectivity index (χ2n) is 4.60. The van der Waals surface area contributed by atoms with E-state index < -0.39 is 0 Å². The number of carbonyl (C=O) groups excluding carboxylic acids is 1. The predicted molar refractivity (Wildman–Crippen MR) is 56.3 cm³/mol. The Balaban J connectivity index is 3.74. The largest absolute Gasteiger partial charge is 0.382 e. The number of Topliss-reactive ketones (excluding diaryl/α,β-unsaturated/α-hetero) is 1. The molecule has 1 unspecified atom stereocenters. The zero-order valence-corrected chi connectivity index (χ0v) is 9.92. The Labute approximate surface area is 86.8 Å². The molecule has 0 aromatic heterocycles. The molecule has 0 N–H and O–H groups in total. The first-order valence-corrected chi connectivity index (χ1v) is 4.99. The van der Waals surface area contributed by atoms with Crippen LogP contribution in [0.25, 0.3) is 0 Å². The molecule has 0 rings (SSSR count). The second-order valence-corrected chi connectivity index (χ2v) is 4.60. The third-order valence-corrected chi connectivity index (χ3v) is 2.46. The molecule has 0 fully saturated rings. The average molecular weight is 202 g/mol. The minimum Gasteiger partial charge on any atom is -0.382 e. The zero-order chi connectivity index (χ0) is 11.2. The van der Waals surface area contributed by atoms with Crippen LogP contribution in [0, 0.1) is 11.3 Å². The Bertz CT molecular complexity index is 170. The summed E-state index contributed by atoms with van der Waals surface area (Å²) in [7, 11) is 1.61. The maximum absolute atomic E-state index is 11.6. The topological polar surface area (TPSA) is 35.5 Å². The van der Waals surface area contributed by atoms with Crippen molar-refractivity contribution in [3.05, 3.63) is 0 Å². The fourth-order valence-corrected chi connectivity index (χ4v) is 0.923. The van der Waals surface area contributed by atoms with Crippen LogP contribution >= 0.6 is 0 Å². The predicted octanol–water partition coefficient (Wildman–Crippen LogP) is 1.90. The molecule has 0 spiro atoms. The molecule has 0 bridgehead atoms. The lowest BCUT2D eigenvalue weighted by Gasteiger charge is -2.25. The highest BCUT2D eigenvalue weighted by molar-refractivity contribution is 5.82. The van der Waals surface area contributed by atoms with E-state index in [-0.39, 0.29) is 23.7 Å². The van der Waals surface area contributed by atoms with Crippen molar-refractivity contribution in [1.29, 1.82) is 0 Å². The van der Waals surface area contributed by atoms with Crippen LogP contribution in [-0.4, -0.2) is 32.7 Å². The Morgan fingerprint density at radius 2 is 1.86 bits per heavy atom. The van der Waals surface area contributed by atoms with E-state index in [4.69, 9.17) is 9.47 Å². The molecule has 0 saturated carbocycles. The highest BCUT2D eigenvalue weighted by Crippen LogP contribution is 2.25. The molecule has 1 atom stereocenters. The van der Waals surface area contributed by atoms with Crippen molar-refractivity contribution in [2.24, 2.45) is 11.3 Å². The average Bonchev–Trinajstić information content (AvgIpc) is 2.09. The molecule has 84 valence electrons. The maximum atomic E-state index is 11.6. The van der Waals surface area contributed by atoms with E-state index in [9.17, 15) is 4.79 Å². The minimum atomic E-state index is 0.0156. The van der Waals surface area contributed by atoms with E-state index in [1.165, 1.54) is 0 Å².